The van der Waals surface area contributed by atoms with Gasteiger partial charge in [-0.3, -0.25) is 9.59 Å². The zero-order chi connectivity index (χ0) is 21.7. The number of carbonyl (C=O) groups is 2. The first kappa shape index (κ1) is 22.1. The molecule has 1 unspecified atom stereocenters. The summed E-state index contributed by atoms with van der Waals surface area (Å²) in [6.45, 7) is 5.03. The Bertz CT molecular complexity index is 896. The molecule has 0 aliphatic carbocycles. The van der Waals surface area contributed by atoms with E-state index in [1.807, 2.05) is 42.3 Å². The molecule has 1 saturated heterocycles. The van der Waals surface area contributed by atoms with Crippen LogP contribution in [0.1, 0.15) is 32.4 Å². The van der Waals surface area contributed by atoms with Crippen LogP contribution < -0.4 is 14.8 Å². The van der Waals surface area contributed by atoms with Crippen molar-refractivity contribution in [2.45, 2.75) is 39.2 Å². The van der Waals surface area contributed by atoms with Gasteiger partial charge in [0.05, 0.1) is 26.3 Å². The molecule has 30 heavy (non-hydrogen) atoms. The fourth-order valence-corrected chi connectivity index (χ4v) is 4.26. The number of benzene rings is 1. The van der Waals surface area contributed by atoms with Crippen LogP contribution in [0, 0.1) is 5.92 Å². The van der Waals surface area contributed by atoms with Gasteiger partial charge in [0.1, 0.15) is 5.01 Å². The second-order valence-electron chi connectivity index (χ2n) is 7.73. The predicted octanol–water partition coefficient (Wildman–Crippen LogP) is 3.13. The number of likely N-dealkylation sites (tertiary alicyclic amines) is 1. The van der Waals surface area contributed by atoms with E-state index in [0.29, 0.717) is 18.0 Å². The molecule has 0 bridgehead atoms. The summed E-state index contributed by atoms with van der Waals surface area (Å²) in [7, 11) is 3.20. The quantitative estimate of drug-likeness (QED) is 0.729. The predicted molar refractivity (Wildman–Crippen MR) is 117 cm³/mol. The Kier molecular flexibility index (Phi) is 7.31. The second kappa shape index (κ2) is 9.93. The van der Waals surface area contributed by atoms with Gasteiger partial charge in [0.25, 0.3) is 0 Å². The minimum absolute atomic E-state index is 0.0235. The van der Waals surface area contributed by atoms with Gasteiger partial charge in [-0.05, 0) is 31.0 Å². The molecule has 0 saturated carbocycles. The smallest absolute Gasteiger partial charge is 0.228 e. The van der Waals surface area contributed by atoms with E-state index in [2.05, 4.69) is 10.3 Å². The van der Waals surface area contributed by atoms with E-state index in [1.54, 1.807) is 14.2 Å². The van der Waals surface area contributed by atoms with E-state index >= 15 is 0 Å². The molecule has 1 aromatic heterocycles. The number of methoxy groups -OCH3 is 2. The molecule has 1 fully saturated rings. The Morgan fingerprint density at radius 1 is 1.27 bits per heavy atom. The first-order valence-corrected chi connectivity index (χ1v) is 11.0. The molecule has 162 valence electrons. The highest BCUT2D eigenvalue weighted by Crippen LogP contribution is 2.33. The molecule has 1 aliphatic heterocycles. The lowest BCUT2D eigenvalue weighted by Gasteiger charge is -2.33. The minimum Gasteiger partial charge on any atom is -0.493 e. The Hall–Kier alpha value is -2.61. The van der Waals surface area contributed by atoms with Crippen LogP contribution in [-0.4, -0.2) is 55.0 Å². The van der Waals surface area contributed by atoms with Crippen molar-refractivity contribution in [2.75, 3.05) is 27.3 Å². The standard InChI is InChI=1S/C22H29N3O4S/c1-14(2)21(27)23-16-6-5-9-25(12-16)20(26)11-17-13-30-22(24-17)15-7-8-18(28-3)19(10-15)29-4/h7-8,10,13-14,16H,5-6,9,11-12H2,1-4H3,(H,23,27). The Morgan fingerprint density at radius 3 is 2.73 bits per heavy atom. The molecule has 3 rings (SSSR count). The number of amides is 2. The van der Waals surface area contributed by atoms with Crippen LogP contribution in [0.4, 0.5) is 0 Å². The van der Waals surface area contributed by atoms with E-state index < -0.39 is 0 Å². The zero-order valence-corrected chi connectivity index (χ0v) is 18.8. The number of piperidine rings is 1. The SMILES string of the molecule is COc1ccc(-c2nc(CC(=O)N3CCCC(NC(=O)C(C)C)C3)cs2)cc1OC. The van der Waals surface area contributed by atoms with Crippen LogP contribution in [0.3, 0.4) is 0 Å². The lowest BCUT2D eigenvalue weighted by Crippen LogP contribution is -2.50. The number of rotatable bonds is 7. The third-order valence-corrected chi connectivity index (χ3v) is 6.10. The van der Waals surface area contributed by atoms with Crippen LogP contribution >= 0.6 is 11.3 Å². The molecule has 2 amide bonds. The van der Waals surface area contributed by atoms with Gasteiger partial charge in [-0.2, -0.15) is 0 Å². The molecule has 2 aromatic rings. The molecule has 0 spiro atoms. The largest absolute Gasteiger partial charge is 0.493 e. The molecule has 8 heteroatoms. The number of nitrogens with one attached hydrogen (secondary N) is 1. The number of aromatic nitrogens is 1. The van der Waals surface area contributed by atoms with Gasteiger partial charge in [0.15, 0.2) is 11.5 Å². The summed E-state index contributed by atoms with van der Waals surface area (Å²) in [6.07, 6.45) is 2.06. The molecule has 1 aromatic carbocycles. The molecule has 1 N–H and O–H groups in total. The van der Waals surface area contributed by atoms with Gasteiger partial charge in [-0.15, -0.1) is 11.3 Å². The van der Waals surface area contributed by atoms with E-state index in [4.69, 9.17) is 9.47 Å². The molecular formula is C22H29N3O4S. The third kappa shape index (κ3) is 5.30. The molecule has 2 heterocycles. The van der Waals surface area contributed by atoms with Crippen LogP contribution in [0.5, 0.6) is 11.5 Å². The minimum atomic E-state index is -0.0546. The second-order valence-corrected chi connectivity index (χ2v) is 8.59. The summed E-state index contributed by atoms with van der Waals surface area (Å²) in [5, 5.41) is 5.80. The monoisotopic (exact) mass is 431 g/mol. The van der Waals surface area contributed by atoms with Crippen molar-refractivity contribution >= 4 is 23.2 Å². The fourth-order valence-electron chi connectivity index (χ4n) is 3.45. The van der Waals surface area contributed by atoms with Crippen LogP contribution in [-0.2, 0) is 16.0 Å². The zero-order valence-electron chi connectivity index (χ0n) is 17.9. The van der Waals surface area contributed by atoms with Crippen molar-refractivity contribution < 1.29 is 19.1 Å². The average molecular weight is 432 g/mol. The summed E-state index contributed by atoms with van der Waals surface area (Å²) in [6, 6.07) is 5.68. The maximum absolute atomic E-state index is 12.8. The van der Waals surface area contributed by atoms with Gasteiger partial charge in [-0.25, -0.2) is 4.98 Å². The lowest BCUT2D eigenvalue weighted by molar-refractivity contribution is -0.133. The van der Waals surface area contributed by atoms with Crippen molar-refractivity contribution in [3.63, 3.8) is 0 Å². The van der Waals surface area contributed by atoms with Gasteiger partial charge >= 0.3 is 0 Å². The Labute approximate surface area is 181 Å². The molecule has 7 nitrogen and oxygen atoms in total. The highest BCUT2D eigenvalue weighted by Gasteiger charge is 2.26. The topological polar surface area (TPSA) is 80.8 Å². The summed E-state index contributed by atoms with van der Waals surface area (Å²) in [5.41, 5.74) is 1.67. The molecular weight excluding hydrogens is 402 g/mol. The van der Waals surface area contributed by atoms with E-state index in [-0.39, 0.29) is 30.2 Å². The van der Waals surface area contributed by atoms with Crippen molar-refractivity contribution in [3.05, 3.63) is 29.3 Å². The third-order valence-electron chi connectivity index (χ3n) is 5.16. The highest BCUT2D eigenvalue weighted by molar-refractivity contribution is 7.13. The van der Waals surface area contributed by atoms with Crippen molar-refractivity contribution in [1.29, 1.82) is 0 Å². The normalized spacial score (nSPS) is 16.4. The van der Waals surface area contributed by atoms with E-state index in [1.165, 1.54) is 11.3 Å². The van der Waals surface area contributed by atoms with Gasteiger partial charge < -0.3 is 19.7 Å². The maximum Gasteiger partial charge on any atom is 0.228 e. The molecule has 0 radical (unpaired) electrons. The maximum atomic E-state index is 12.8. The molecule has 1 aliphatic rings. The Balaban J connectivity index is 1.63. The fraction of sp³-hybridized carbons (Fsp3) is 0.500. The summed E-state index contributed by atoms with van der Waals surface area (Å²) in [5.74, 6) is 1.33. The summed E-state index contributed by atoms with van der Waals surface area (Å²) in [4.78, 5) is 31.2. The van der Waals surface area contributed by atoms with Gasteiger partial charge in [0, 0.05) is 36.0 Å². The average Bonchev–Trinajstić information content (AvgIpc) is 3.21. The summed E-state index contributed by atoms with van der Waals surface area (Å²) < 4.78 is 10.6. The number of thiazole rings is 1. The van der Waals surface area contributed by atoms with Crippen LogP contribution in [0.25, 0.3) is 10.6 Å². The number of ether oxygens (including phenoxy) is 2. The van der Waals surface area contributed by atoms with E-state index in [9.17, 15) is 9.59 Å². The van der Waals surface area contributed by atoms with Gasteiger partial charge in [0.2, 0.25) is 11.8 Å². The van der Waals surface area contributed by atoms with Gasteiger partial charge in [-0.1, -0.05) is 13.8 Å². The van der Waals surface area contributed by atoms with E-state index in [0.717, 1.165) is 35.7 Å². The number of hydrogen-bond donors (Lipinski definition) is 1. The summed E-state index contributed by atoms with van der Waals surface area (Å²) >= 11 is 1.50. The van der Waals surface area contributed by atoms with Crippen molar-refractivity contribution in [1.82, 2.24) is 15.2 Å². The lowest BCUT2D eigenvalue weighted by atomic mass is 10.0. The number of nitrogens with zero attached hydrogens (tertiary/aromatic N) is 2. The van der Waals surface area contributed by atoms with Crippen molar-refractivity contribution in [3.8, 4) is 22.1 Å². The van der Waals surface area contributed by atoms with Crippen LogP contribution in [0.15, 0.2) is 23.6 Å². The highest BCUT2D eigenvalue weighted by atomic mass is 32.1. The Morgan fingerprint density at radius 2 is 2.03 bits per heavy atom. The first-order chi connectivity index (χ1) is 14.4. The molecule has 1 atom stereocenters. The number of carbonyl (C=O) groups excluding carboxylic acids is 2. The van der Waals surface area contributed by atoms with Crippen LogP contribution in [0.2, 0.25) is 0 Å². The van der Waals surface area contributed by atoms with Crippen molar-refractivity contribution in [2.24, 2.45) is 5.92 Å². The number of hydrogen-bond acceptors (Lipinski definition) is 6. The first-order valence-electron chi connectivity index (χ1n) is 10.2.